The first kappa shape index (κ1) is 26.3. The molecule has 0 radical (unpaired) electrons. The normalized spacial score (nSPS) is 19.8. The summed E-state index contributed by atoms with van der Waals surface area (Å²) in [5.74, 6) is -1.40. The summed E-state index contributed by atoms with van der Waals surface area (Å²) in [4.78, 5) is 13.1. The van der Waals surface area contributed by atoms with Gasteiger partial charge in [0.05, 0.1) is 11.3 Å². The number of benzene rings is 2. The molecule has 0 unspecified atom stereocenters. The summed E-state index contributed by atoms with van der Waals surface area (Å²) in [7, 11) is -3.94. The predicted molar refractivity (Wildman–Crippen MR) is 124 cm³/mol. The van der Waals surface area contributed by atoms with Crippen LogP contribution in [0.3, 0.4) is 0 Å². The van der Waals surface area contributed by atoms with Gasteiger partial charge < -0.3 is 14.7 Å². The van der Waals surface area contributed by atoms with Crippen molar-refractivity contribution in [3.63, 3.8) is 0 Å². The van der Waals surface area contributed by atoms with E-state index in [2.05, 4.69) is 20.7 Å². The zero-order valence-electron chi connectivity index (χ0n) is 18.6. The van der Waals surface area contributed by atoms with Gasteiger partial charge in [-0.25, -0.2) is 8.42 Å². The van der Waals surface area contributed by atoms with Gasteiger partial charge in [0.25, 0.3) is 0 Å². The second kappa shape index (κ2) is 9.74. The van der Waals surface area contributed by atoms with Gasteiger partial charge in [0.1, 0.15) is 5.75 Å². The Bertz CT molecular complexity index is 1160. The van der Waals surface area contributed by atoms with Crippen LogP contribution in [0.2, 0.25) is 0 Å². The summed E-state index contributed by atoms with van der Waals surface area (Å²) in [6, 6.07) is 7.42. The number of carboxylic acid groups (broad SMARTS) is 1. The van der Waals surface area contributed by atoms with Gasteiger partial charge in [-0.05, 0) is 68.3 Å². The maximum Gasteiger partial charge on any atom is 0.573 e. The molecule has 0 bridgehead atoms. The molecule has 1 fully saturated rings. The van der Waals surface area contributed by atoms with Gasteiger partial charge in [-0.15, -0.1) is 13.2 Å². The van der Waals surface area contributed by atoms with Gasteiger partial charge in [-0.2, -0.15) is 4.31 Å². The number of anilines is 1. The third-order valence-corrected chi connectivity index (χ3v) is 8.73. The number of rotatable bonds is 6. The highest BCUT2D eigenvalue weighted by Gasteiger charge is 2.39. The van der Waals surface area contributed by atoms with Gasteiger partial charge in [-0.3, -0.25) is 4.79 Å². The molecule has 34 heavy (non-hydrogen) atoms. The molecule has 12 heteroatoms. The van der Waals surface area contributed by atoms with Crippen molar-refractivity contribution < 1.29 is 36.2 Å². The number of nitrogens with zero attached hydrogens (tertiary/aromatic N) is 2. The lowest BCUT2D eigenvalue weighted by atomic mass is 10.1. The number of piperazine rings is 1. The molecule has 1 saturated heterocycles. The largest absolute Gasteiger partial charge is 0.573 e. The minimum absolute atomic E-state index is 0.0188. The van der Waals surface area contributed by atoms with Gasteiger partial charge in [-0.1, -0.05) is 15.9 Å². The fourth-order valence-corrected chi connectivity index (χ4v) is 6.53. The Hall–Kier alpha value is -2.31. The lowest BCUT2D eigenvalue weighted by Crippen LogP contribution is -2.58. The first-order chi connectivity index (χ1) is 15.7. The van der Waals surface area contributed by atoms with Crippen LogP contribution in [-0.2, 0) is 21.2 Å². The highest BCUT2D eigenvalue weighted by Crippen LogP contribution is 2.33. The molecular formula is C22H24BrF3N2O5S. The fourth-order valence-electron chi connectivity index (χ4n) is 4.22. The molecule has 2 aromatic carbocycles. The summed E-state index contributed by atoms with van der Waals surface area (Å²) in [5.41, 5.74) is 1.62. The SMILES string of the molecule is Cc1cc(S(=O)(=O)N2[C@H](C)CN(c3ccc(OC(F)(F)F)cc3)C[C@@H]2C)cc(CC(=O)O)c1Br. The average Bonchev–Trinajstić information content (AvgIpc) is 2.69. The number of aryl methyl sites for hydroxylation is 1. The number of carbonyl (C=O) groups is 1. The molecule has 0 aromatic heterocycles. The second-order valence-corrected chi connectivity index (χ2v) is 10.9. The molecule has 3 rings (SSSR count). The molecule has 1 heterocycles. The van der Waals surface area contributed by atoms with E-state index in [1.807, 2.05) is 4.90 Å². The number of hydrogen-bond donors (Lipinski definition) is 1. The first-order valence-electron chi connectivity index (χ1n) is 10.3. The van der Waals surface area contributed by atoms with Crippen LogP contribution >= 0.6 is 15.9 Å². The predicted octanol–water partition coefficient (Wildman–Crippen LogP) is 4.57. The number of sulfonamides is 1. The maximum absolute atomic E-state index is 13.6. The molecule has 1 N–H and O–H groups in total. The molecule has 2 aromatic rings. The van der Waals surface area contributed by atoms with Crippen molar-refractivity contribution >= 4 is 37.6 Å². The Balaban J connectivity index is 1.84. The number of alkyl halides is 3. The Labute approximate surface area is 204 Å². The lowest BCUT2D eigenvalue weighted by molar-refractivity contribution is -0.274. The van der Waals surface area contributed by atoms with Crippen molar-refractivity contribution in [2.24, 2.45) is 0 Å². The lowest BCUT2D eigenvalue weighted by Gasteiger charge is -2.44. The number of hydrogen-bond acceptors (Lipinski definition) is 5. The van der Waals surface area contributed by atoms with E-state index in [4.69, 9.17) is 5.11 Å². The molecular weight excluding hydrogens is 541 g/mol. The monoisotopic (exact) mass is 564 g/mol. The Morgan fingerprint density at radius 2 is 1.71 bits per heavy atom. The number of carboxylic acids is 1. The Kier molecular flexibility index (Phi) is 7.54. The quantitative estimate of drug-likeness (QED) is 0.553. The molecule has 0 amide bonds. The van der Waals surface area contributed by atoms with Crippen molar-refractivity contribution in [3.05, 3.63) is 52.0 Å². The highest BCUT2D eigenvalue weighted by molar-refractivity contribution is 9.10. The van der Waals surface area contributed by atoms with E-state index in [9.17, 15) is 26.4 Å². The van der Waals surface area contributed by atoms with Crippen LogP contribution in [-0.4, -0.2) is 55.3 Å². The van der Waals surface area contributed by atoms with Crippen LogP contribution in [0.15, 0.2) is 45.8 Å². The Morgan fingerprint density at radius 1 is 1.15 bits per heavy atom. The Morgan fingerprint density at radius 3 is 2.21 bits per heavy atom. The van der Waals surface area contributed by atoms with Gasteiger partial charge >= 0.3 is 12.3 Å². The van der Waals surface area contributed by atoms with E-state index in [-0.39, 0.29) is 17.1 Å². The average molecular weight is 565 g/mol. The van der Waals surface area contributed by atoms with E-state index in [1.165, 1.54) is 40.7 Å². The first-order valence-corrected chi connectivity index (χ1v) is 12.6. The topological polar surface area (TPSA) is 87.2 Å². The fraction of sp³-hybridized carbons (Fsp3) is 0.409. The summed E-state index contributed by atoms with van der Waals surface area (Å²) < 4.78 is 70.2. The molecule has 0 spiro atoms. The molecule has 186 valence electrons. The van der Waals surface area contributed by atoms with Crippen LogP contribution in [0.1, 0.15) is 25.0 Å². The minimum Gasteiger partial charge on any atom is -0.481 e. The standard InChI is InChI=1S/C22H24BrF3N2O5S/c1-13-8-19(9-16(21(13)23)10-20(29)30)34(31,32)28-14(2)11-27(12-15(28)3)17-4-6-18(7-5-17)33-22(24,25)26/h4-9,14-15H,10-12H2,1-3H3,(H,29,30)/t14-,15+. The third kappa shape index (κ3) is 5.84. The van der Waals surface area contributed by atoms with E-state index in [0.717, 1.165) is 0 Å². The second-order valence-electron chi connectivity index (χ2n) is 8.26. The molecule has 1 aliphatic heterocycles. The van der Waals surface area contributed by atoms with Crippen molar-refractivity contribution in [3.8, 4) is 5.75 Å². The van der Waals surface area contributed by atoms with Crippen molar-refractivity contribution in [2.45, 2.75) is 50.5 Å². The number of halogens is 4. The van der Waals surface area contributed by atoms with Crippen LogP contribution in [0.5, 0.6) is 5.75 Å². The van der Waals surface area contributed by atoms with Crippen LogP contribution < -0.4 is 9.64 Å². The van der Waals surface area contributed by atoms with E-state index in [0.29, 0.717) is 34.4 Å². The minimum atomic E-state index is -4.78. The van der Waals surface area contributed by atoms with E-state index >= 15 is 0 Å². The van der Waals surface area contributed by atoms with Gasteiger partial charge in [0.15, 0.2) is 0 Å². The van der Waals surface area contributed by atoms with Crippen molar-refractivity contribution in [1.29, 1.82) is 0 Å². The molecule has 1 aliphatic rings. The third-order valence-electron chi connectivity index (χ3n) is 5.49. The molecule has 7 nitrogen and oxygen atoms in total. The van der Waals surface area contributed by atoms with Crippen molar-refractivity contribution in [1.82, 2.24) is 4.31 Å². The summed E-state index contributed by atoms with van der Waals surface area (Å²) >= 11 is 3.33. The molecule has 2 atom stereocenters. The number of ether oxygens (including phenoxy) is 1. The zero-order valence-corrected chi connectivity index (χ0v) is 21.0. The van der Waals surface area contributed by atoms with Crippen LogP contribution in [0.25, 0.3) is 0 Å². The maximum atomic E-state index is 13.6. The smallest absolute Gasteiger partial charge is 0.481 e. The summed E-state index contributed by atoms with van der Waals surface area (Å²) in [6.45, 7) is 5.85. The zero-order chi connectivity index (χ0) is 25.4. The molecule has 0 aliphatic carbocycles. The summed E-state index contributed by atoms with van der Waals surface area (Å²) in [5, 5.41) is 9.17. The van der Waals surface area contributed by atoms with E-state index in [1.54, 1.807) is 20.8 Å². The van der Waals surface area contributed by atoms with Gasteiger partial charge in [0, 0.05) is 35.3 Å². The highest BCUT2D eigenvalue weighted by atomic mass is 79.9. The summed E-state index contributed by atoms with van der Waals surface area (Å²) in [6.07, 6.45) is -5.10. The number of aliphatic carboxylic acids is 1. The molecule has 0 saturated carbocycles. The van der Waals surface area contributed by atoms with Crippen LogP contribution in [0, 0.1) is 6.92 Å². The van der Waals surface area contributed by atoms with Gasteiger partial charge in [0.2, 0.25) is 10.0 Å². The van der Waals surface area contributed by atoms with Crippen molar-refractivity contribution in [2.75, 3.05) is 18.0 Å². The van der Waals surface area contributed by atoms with E-state index < -0.39 is 34.4 Å². The van der Waals surface area contributed by atoms with Crippen LogP contribution in [0.4, 0.5) is 18.9 Å².